The number of fused-ring (bicyclic) bond motifs is 9. The molecule has 0 aliphatic heterocycles. The van der Waals surface area contributed by atoms with Crippen molar-refractivity contribution in [2.75, 3.05) is 0 Å². The average molecular weight is 637 g/mol. The number of para-hydroxylation sites is 1. The van der Waals surface area contributed by atoms with Crippen molar-refractivity contribution in [3.63, 3.8) is 0 Å². The van der Waals surface area contributed by atoms with E-state index in [2.05, 4.69) is 173 Å². The van der Waals surface area contributed by atoms with E-state index in [1.807, 2.05) is 6.20 Å². The minimum Gasteiger partial charge on any atom is -0.293 e. The second-order valence-electron chi connectivity index (χ2n) is 13.1. The standard InChI is InChI=1S/C46H28N4/c1-3-13-33-26-42-39(24-31(33)11-1)40-25-32-12-2-4-14-34(32)27-43(40)50(42)44-28-47-46-45(48-44)38-17-7-8-19-41(38)49(46)35-22-20-30(21-23-35)37-18-9-15-29-10-5-6-16-36(29)37/h1-28H. The van der Waals surface area contributed by atoms with Crippen molar-refractivity contribution in [1.29, 1.82) is 0 Å². The molecule has 0 atom stereocenters. The first-order valence-corrected chi connectivity index (χ1v) is 17.0. The molecular formula is C46H28N4. The molecule has 0 aliphatic rings. The molecule has 0 N–H and O–H groups in total. The summed E-state index contributed by atoms with van der Waals surface area (Å²) in [4.78, 5) is 10.6. The highest BCUT2D eigenvalue weighted by Crippen LogP contribution is 2.38. The molecule has 50 heavy (non-hydrogen) atoms. The van der Waals surface area contributed by atoms with Gasteiger partial charge in [-0.15, -0.1) is 0 Å². The first-order chi connectivity index (χ1) is 24.8. The van der Waals surface area contributed by atoms with Crippen LogP contribution in [0, 0.1) is 0 Å². The van der Waals surface area contributed by atoms with Gasteiger partial charge >= 0.3 is 0 Å². The van der Waals surface area contributed by atoms with Crippen LogP contribution in [0.2, 0.25) is 0 Å². The maximum Gasteiger partial charge on any atom is 0.164 e. The van der Waals surface area contributed by atoms with Gasteiger partial charge in [0.2, 0.25) is 0 Å². The lowest BCUT2D eigenvalue weighted by molar-refractivity contribution is 1.06. The van der Waals surface area contributed by atoms with Crippen LogP contribution in [-0.4, -0.2) is 19.1 Å². The molecule has 4 heteroatoms. The SMILES string of the molecule is c1ccc2cc3c(cc2c1)c1cc2ccccc2cc1n3-c1cnc2c(n1)c1ccccc1n2-c1ccc(-c2cccc3ccccc23)cc1. The van der Waals surface area contributed by atoms with Crippen LogP contribution in [0.15, 0.2) is 170 Å². The number of hydrogen-bond donors (Lipinski definition) is 0. The normalized spacial score (nSPS) is 12.0. The van der Waals surface area contributed by atoms with Gasteiger partial charge in [-0.3, -0.25) is 9.13 Å². The van der Waals surface area contributed by atoms with Crippen molar-refractivity contribution in [3.05, 3.63) is 170 Å². The van der Waals surface area contributed by atoms with Crippen molar-refractivity contribution in [2.24, 2.45) is 0 Å². The first kappa shape index (κ1) is 27.2. The summed E-state index contributed by atoms with van der Waals surface area (Å²) in [6, 6.07) is 58.8. The van der Waals surface area contributed by atoms with Gasteiger partial charge in [-0.2, -0.15) is 0 Å². The summed E-state index contributed by atoms with van der Waals surface area (Å²) in [7, 11) is 0. The summed E-state index contributed by atoms with van der Waals surface area (Å²) in [6.07, 6.45) is 1.94. The molecule has 0 fully saturated rings. The lowest BCUT2D eigenvalue weighted by Crippen LogP contribution is -2.01. The van der Waals surface area contributed by atoms with E-state index in [0.29, 0.717) is 0 Å². The van der Waals surface area contributed by atoms with Crippen LogP contribution in [0.5, 0.6) is 0 Å². The highest BCUT2D eigenvalue weighted by molar-refractivity contribution is 6.17. The van der Waals surface area contributed by atoms with E-state index in [9.17, 15) is 0 Å². The van der Waals surface area contributed by atoms with Gasteiger partial charge in [0.25, 0.3) is 0 Å². The van der Waals surface area contributed by atoms with Gasteiger partial charge in [-0.05, 0) is 85.9 Å². The molecule has 3 aromatic heterocycles. The zero-order valence-electron chi connectivity index (χ0n) is 27.0. The van der Waals surface area contributed by atoms with Gasteiger partial charge in [-0.25, -0.2) is 9.97 Å². The third-order valence-corrected chi connectivity index (χ3v) is 10.3. The first-order valence-electron chi connectivity index (χ1n) is 17.0. The quantitative estimate of drug-likeness (QED) is 0.193. The molecule has 0 saturated heterocycles. The van der Waals surface area contributed by atoms with E-state index >= 15 is 0 Å². The average Bonchev–Trinajstić information content (AvgIpc) is 3.67. The van der Waals surface area contributed by atoms with E-state index in [0.717, 1.165) is 44.6 Å². The Morgan fingerprint density at radius 1 is 0.400 bits per heavy atom. The third-order valence-electron chi connectivity index (χ3n) is 10.3. The highest BCUT2D eigenvalue weighted by Gasteiger charge is 2.19. The molecule has 0 aliphatic carbocycles. The third kappa shape index (κ3) is 3.93. The van der Waals surface area contributed by atoms with Gasteiger partial charge in [0.05, 0.1) is 22.7 Å². The lowest BCUT2D eigenvalue weighted by atomic mass is 9.98. The molecule has 0 amide bonds. The second kappa shape index (κ2) is 10.4. The van der Waals surface area contributed by atoms with Gasteiger partial charge in [0.1, 0.15) is 5.52 Å². The van der Waals surface area contributed by atoms with E-state index in [1.54, 1.807) is 0 Å². The number of rotatable bonds is 3. The van der Waals surface area contributed by atoms with E-state index in [1.165, 1.54) is 54.2 Å². The Kier molecular flexibility index (Phi) is 5.63. The van der Waals surface area contributed by atoms with Crippen LogP contribution in [0.4, 0.5) is 0 Å². The molecule has 0 saturated carbocycles. The van der Waals surface area contributed by atoms with E-state index in [-0.39, 0.29) is 0 Å². The Bertz CT molecular complexity index is 3050. The smallest absolute Gasteiger partial charge is 0.164 e. The highest BCUT2D eigenvalue weighted by atomic mass is 15.1. The molecule has 11 aromatic rings. The summed E-state index contributed by atoms with van der Waals surface area (Å²) < 4.78 is 4.53. The predicted octanol–water partition coefficient (Wildman–Crippen LogP) is 11.8. The Hall–Kier alpha value is -6.78. The maximum absolute atomic E-state index is 5.43. The molecule has 0 radical (unpaired) electrons. The summed E-state index contributed by atoms with van der Waals surface area (Å²) in [6.45, 7) is 0. The number of nitrogens with zero attached hydrogens (tertiary/aromatic N) is 4. The van der Waals surface area contributed by atoms with Gasteiger partial charge in [0, 0.05) is 21.8 Å². The fourth-order valence-corrected chi connectivity index (χ4v) is 7.97. The number of hydrogen-bond acceptors (Lipinski definition) is 2. The Morgan fingerprint density at radius 3 is 1.64 bits per heavy atom. The van der Waals surface area contributed by atoms with Crippen LogP contribution in [0.3, 0.4) is 0 Å². The molecule has 3 heterocycles. The molecule has 0 spiro atoms. The Balaban J connectivity index is 1.13. The van der Waals surface area contributed by atoms with Crippen molar-refractivity contribution in [1.82, 2.24) is 19.1 Å². The monoisotopic (exact) mass is 636 g/mol. The molecule has 0 bridgehead atoms. The summed E-state index contributed by atoms with van der Waals surface area (Å²) in [5, 5.41) is 10.8. The summed E-state index contributed by atoms with van der Waals surface area (Å²) in [5.74, 6) is 0.803. The van der Waals surface area contributed by atoms with Gasteiger partial charge < -0.3 is 0 Å². The number of benzene rings is 8. The molecular weight excluding hydrogens is 609 g/mol. The van der Waals surface area contributed by atoms with Crippen molar-refractivity contribution in [3.8, 4) is 22.6 Å². The van der Waals surface area contributed by atoms with Crippen molar-refractivity contribution >= 4 is 76.2 Å². The van der Waals surface area contributed by atoms with Gasteiger partial charge in [0.15, 0.2) is 11.5 Å². The van der Waals surface area contributed by atoms with Crippen molar-refractivity contribution < 1.29 is 0 Å². The second-order valence-corrected chi connectivity index (χ2v) is 13.1. The fourth-order valence-electron chi connectivity index (χ4n) is 7.97. The number of aromatic nitrogens is 4. The van der Waals surface area contributed by atoms with Crippen LogP contribution in [0.25, 0.3) is 98.8 Å². The van der Waals surface area contributed by atoms with Crippen LogP contribution >= 0.6 is 0 Å². The largest absolute Gasteiger partial charge is 0.293 e. The minimum atomic E-state index is 0.803. The maximum atomic E-state index is 5.43. The predicted molar refractivity (Wildman–Crippen MR) is 209 cm³/mol. The van der Waals surface area contributed by atoms with Gasteiger partial charge in [-0.1, -0.05) is 121 Å². The van der Waals surface area contributed by atoms with Crippen molar-refractivity contribution in [2.45, 2.75) is 0 Å². The summed E-state index contributed by atoms with van der Waals surface area (Å²) >= 11 is 0. The molecule has 11 rings (SSSR count). The Morgan fingerprint density at radius 2 is 0.960 bits per heavy atom. The topological polar surface area (TPSA) is 35.6 Å². The fraction of sp³-hybridized carbons (Fsp3) is 0. The minimum absolute atomic E-state index is 0.803. The van der Waals surface area contributed by atoms with E-state index < -0.39 is 0 Å². The van der Waals surface area contributed by atoms with Crippen LogP contribution in [-0.2, 0) is 0 Å². The molecule has 8 aromatic carbocycles. The molecule has 232 valence electrons. The summed E-state index contributed by atoms with van der Waals surface area (Å²) in [5.41, 5.74) is 8.51. The Labute approximate surface area is 287 Å². The zero-order valence-corrected chi connectivity index (χ0v) is 27.0. The zero-order chi connectivity index (χ0) is 32.8. The van der Waals surface area contributed by atoms with Crippen LogP contribution < -0.4 is 0 Å². The lowest BCUT2D eigenvalue weighted by Gasteiger charge is -2.11. The van der Waals surface area contributed by atoms with E-state index in [4.69, 9.17) is 9.97 Å². The molecule has 0 unspecified atom stereocenters. The van der Waals surface area contributed by atoms with Crippen LogP contribution in [0.1, 0.15) is 0 Å². The molecule has 4 nitrogen and oxygen atoms in total.